The van der Waals surface area contributed by atoms with Crippen LogP contribution in [0.4, 0.5) is 16.5 Å². The van der Waals surface area contributed by atoms with Gasteiger partial charge in [-0.15, -0.1) is 0 Å². The van der Waals surface area contributed by atoms with E-state index in [-0.39, 0.29) is 34.8 Å². The summed E-state index contributed by atoms with van der Waals surface area (Å²) in [5, 5.41) is 9.88. The van der Waals surface area contributed by atoms with Gasteiger partial charge in [0.2, 0.25) is 0 Å². The summed E-state index contributed by atoms with van der Waals surface area (Å²) in [6.07, 6.45) is 0. The maximum atomic E-state index is 14.4. The maximum Gasteiger partial charge on any atom is 0.337 e. The van der Waals surface area contributed by atoms with Crippen molar-refractivity contribution in [3.05, 3.63) is 87.4 Å². The highest BCUT2D eigenvalue weighted by Gasteiger charge is 2.65. The number of benzene rings is 3. The van der Waals surface area contributed by atoms with Gasteiger partial charge in [-0.2, -0.15) is 10.2 Å². The minimum absolute atomic E-state index is 0.0697. The van der Waals surface area contributed by atoms with Crippen LogP contribution in [0.1, 0.15) is 27.4 Å². The van der Waals surface area contributed by atoms with E-state index in [1.807, 2.05) is 0 Å². The molecule has 1 spiro atoms. The second kappa shape index (κ2) is 9.80. The van der Waals surface area contributed by atoms with Crippen molar-refractivity contribution in [3.8, 4) is 6.07 Å². The molecule has 12 heteroatoms. The molecule has 0 bridgehead atoms. The molecule has 0 aliphatic carbocycles. The molecule has 2 atom stereocenters. The van der Waals surface area contributed by atoms with E-state index >= 15 is 0 Å². The topological polar surface area (TPSA) is 120 Å². The Balaban J connectivity index is 1.45. The molecule has 0 N–H and O–H groups in total. The molecule has 3 aromatic carbocycles. The van der Waals surface area contributed by atoms with E-state index in [2.05, 4.69) is 11.1 Å². The number of hydrogen-bond acceptors (Lipinski definition) is 8. The van der Waals surface area contributed by atoms with E-state index in [0.717, 1.165) is 10.5 Å². The molecule has 41 heavy (non-hydrogen) atoms. The SMILES string of the molecule is COC(=O)c1ccc2nc(N3C[C@@H](c4ccc(C#N)cc4)[C@]4(C3)C(=O)N(c3cc(Cl)cc(Cl)c3)C(=O)N4C)oc2c1. The number of fused-ring (bicyclic) bond motifs is 1. The fourth-order valence-electron chi connectivity index (χ4n) is 5.64. The van der Waals surface area contributed by atoms with Crippen LogP contribution < -0.4 is 9.80 Å². The van der Waals surface area contributed by atoms with Crippen LogP contribution >= 0.6 is 23.2 Å². The van der Waals surface area contributed by atoms with E-state index < -0.39 is 29.4 Å². The lowest BCUT2D eigenvalue weighted by molar-refractivity contribution is -0.124. The first-order chi connectivity index (χ1) is 19.7. The molecule has 3 amide bonds. The van der Waals surface area contributed by atoms with Crippen LogP contribution in [-0.2, 0) is 9.53 Å². The Morgan fingerprint density at radius 3 is 2.46 bits per heavy atom. The fraction of sp³-hybridized carbons (Fsp3) is 0.207. The van der Waals surface area contributed by atoms with Gasteiger partial charge in [-0.1, -0.05) is 35.3 Å². The quantitative estimate of drug-likeness (QED) is 0.234. The number of amides is 3. The number of imide groups is 1. The summed E-state index contributed by atoms with van der Waals surface area (Å²) < 4.78 is 10.9. The third-order valence-electron chi connectivity index (χ3n) is 7.68. The highest BCUT2D eigenvalue weighted by molar-refractivity contribution is 6.36. The van der Waals surface area contributed by atoms with Gasteiger partial charge in [0.25, 0.3) is 11.9 Å². The Morgan fingerprint density at radius 2 is 1.80 bits per heavy atom. The van der Waals surface area contributed by atoms with Crippen LogP contribution in [0.15, 0.2) is 65.1 Å². The van der Waals surface area contributed by atoms with Gasteiger partial charge in [0, 0.05) is 29.6 Å². The number of likely N-dealkylation sites (N-methyl/N-ethyl adjacent to an activating group) is 1. The predicted octanol–water partition coefficient (Wildman–Crippen LogP) is 5.23. The Morgan fingerprint density at radius 1 is 1.10 bits per heavy atom. The van der Waals surface area contributed by atoms with Gasteiger partial charge < -0.3 is 19.0 Å². The van der Waals surface area contributed by atoms with Crippen molar-refractivity contribution in [2.75, 3.05) is 37.0 Å². The lowest BCUT2D eigenvalue weighted by Gasteiger charge is -2.33. The summed E-state index contributed by atoms with van der Waals surface area (Å²) in [4.78, 5) is 49.0. The van der Waals surface area contributed by atoms with Crippen molar-refractivity contribution < 1.29 is 23.5 Å². The van der Waals surface area contributed by atoms with Crippen molar-refractivity contribution in [2.24, 2.45) is 0 Å². The van der Waals surface area contributed by atoms with Crippen LogP contribution in [0.2, 0.25) is 10.0 Å². The number of ether oxygens (including phenoxy) is 1. The first kappa shape index (κ1) is 26.6. The van der Waals surface area contributed by atoms with Crippen LogP contribution in [0.25, 0.3) is 11.1 Å². The number of carbonyl (C=O) groups excluding carboxylic acids is 3. The predicted molar refractivity (Wildman–Crippen MR) is 151 cm³/mol. The number of aromatic nitrogens is 1. The summed E-state index contributed by atoms with van der Waals surface area (Å²) >= 11 is 12.4. The summed E-state index contributed by atoms with van der Waals surface area (Å²) in [6, 6.07) is 18.1. The minimum Gasteiger partial charge on any atom is -0.465 e. The molecule has 0 radical (unpaired) electrons. The van der Waals surface area contributed by atoms with Crippen LogP contribution in [0, 0.1) is 11.3 Å². The third-order valence-corrected chi connectivity index (χ3v) is 8.11. The zero-order valence-corrected chi connectivity index (χ0v) is 23.3. The number of rotatable bonds is 4. The summed E-state index contributed by atoms with van der Waals surface area (Å²) in [7, 11) is 2.88. The standard InChI is InChI=1S/C29H21Cl2N5O5/c1-34-28(39)36(21-11-19(30)10-20(31)12-21)26(38)29(34)15-35(14-22(29)17-5-3-16(13-32)4-6-17)27-33-23-8-7-18(25(37)40-2)9-24(23)41-27/h3-12,22H,14-15H2,1-2H3/t22-,29+/m0/s1. The summed E-state index contributed by atoms with van der Waals surface area (Å²) in [6.45, 7) is 0.344. The van der Waals surface area contributed by atoms with Crippen molar-refractivity contribution in [1.29, 1.82) is 5.26 Å². The van der Waals surface area contributed by atoms with Gasteiger partial charge in [0.1, 0.15) is 11.1 Å². The number of urea groups is 1. The number of nitriles is 1. The number of hydrogen-bond donors (Lipinski definition) is 0. The lowest BCUT2D eigenvalue weighted by atomic mass is 9.80. The Hall–Kier alpha value is -4.59. The average molecular weight is 590 g/mol. The van der Waals surface area contributed by atoms with Gasteiger partial charge in [0.05, 0.1) is 36.5 Å². The van der Waals surface area contributed by atoms with Crippen LogP contribution in [0.5, 0.6) is 0 Å². The minimum atomic E-state index is -1.35. The van der Waals surface area contributed by atoms with Gasteiger partial charge in [-0.25, -0.2) is 14.5 Å². The summed E-state index contributed by atoms with van der Waals surface area (Å²) in [5.41, 5.74) is 1.33. The van der Waals surface area contributed by atoms with E-state index in [4.69, 9.17) is 32.4 Å². The average Bonchev–Trinajstić information content (AvgIpc) is 3.62. The largest absolute Gasteiger partial charge is 0.465 e. The van der Waals surface area contributed by atoms with Crippen molar-refractivity contribution in [3.63, 3.8) is 0 Å². The monoisotopic (exact) mass is 589 g/mol. The third kappa shape index (κ3) is 4.17. The maximum absolute atomic E-state index is 14.4. The Bertz CT molecular complexity index is 1760. The van der Waals surface area contributed by atoms with Crippen LogP contribution in [0.3, 0.4) is 0 Å². The summed E-state index contributed by atoms with van der Waals surface area (Å²) in [5.74, 6) is -1.48. The molecule has 1 aromatic heterocycles. The zero-order chi connectivity index (χ0) is 29.1. The molecular weight excluding hydrogens is 569 g/mol. The molecular formula is C29H21Cl2N5O5. The van der Waals surface area contributed by atoms with E-state index in [1.54, 1.807) is 54.4 Å². The molecule has 3 heterocycles. The Labute approximate surface area is 244 Å². The van der Waals surface area contributed by atoms with Gasteiger partial charge in [-0.05, 0) is 54.1 Å². The molecule has 0 saturated carbocycles. The highest BCUT2D eigenvalue weighted by atomic mass is 35.5. The molecule has 206 valence electrons. The van der Waals surface area contributed by atoms with Crippen molar-refractivity contribution in [2.45, 2.75) is 11.5 Å². The lowest BCUT2D eigenvalue weighted by Crippen LogP contribution is -2.53. The first-order valence-corrected chi connectivity index (χ1v) is 13.2. The molecule has 2 saturated heterocycles. The molecule has 2 aliphatic rings. The van der Waals surface area contributed by atoms with Gasteiger partial charge in [-0.3, -0.25) is 4.79 Å². The molecule has 0 unspecified atom stereocenters. The number of oxazole rings is 1. The molecule has 2 aliphatic heterocycles. The number of anilines is 2. The molecule has 4 aromatic rings. The van der Waals surface area contributed by atoms with Gasteiger partial charge >= 0.3 is 12.0 Å². The fourth-order valence-corrected chi connectivity index (χ4v) is 6.16. The molecule has 6 rings (SSSR count). The van der Waals surface area contributed by atoms with Gasteiger partial charge in [0.15, 0.2) is 5.58 Å². The number of carbonyl (C=O) groups is 3. The zero-order valence-electron chi connectivity index (χ0n) is 21.8. The Kier molecular flexibility index (Phi) is 6.36. The van der Waals surface area contributed by atoms with E-state index in [9.17, 15) is 19.6 Å². The highest BCUT2D eigenvalue weighted by Crippen LogP contribution is 2.47. The van der Waals surface area contributed by atoms with Crippen LogP contribution in [-0.4, -0.2) is 60.6 Å². The van der Waals surface area contributed by atoms with Crippen molar-refractivity contribution >= 4 is 63.9 Å². The molecule has 10 nitrogen and oxygen atoms in total. The number of halogens is 2. The smallest absolute Gasteiger partial charge is 0.337 e. The normalized spacial score (nSPS) is 20.4. The van der Waals surface area contributed by atoms with E-state index in [1.165, 1.54) is 30.2 Å². The van der Waals surface area contributed by atoms with Crippen molar-refractivity contribution in [1.82, 2.24) is 9.88 Å². The first-order valence-electron chi connectivity index (χ1n) is 12.5. The second-order valence-corrected chi connectivity index (χ2v) is 10.7. The second-order valence-electron chi connectivity index (χ2n) is 9.87. The van der Waals surface area contributed by atoms with E-state index in [0.29, 0.717) is 22.2 Å². The molecule has 2 fully saturated rings. The number of nitrogens with zero attached hydrogens (tertiary/aromatic N) is 5. The number of methoxy groups -OCH3 is 1. The number of esters is 1.